The Labute approximate surface area is 140 Å². The van der Waals surface area contributed by atoms with Crippen molar-refractivity contribution in [2.45, 2.75) is 13.0 Å². The fourth-order valence-electron chi connectivity index (χ4n) is 1.78. The molecule has 0 spiro atoms. The van der Waals surface area contributed by atoms with Crippen LogP contribution in [0.2, 0.25) is 0 Å². The number of anilines is 2. The molecule has 0 aliphatic carbocycles. The van der Waals surface area contributed by atoms with Gasteiger partial charge in [0, 0.05) is 20.7 Å². The molecular weight excluding hydrogens is 398 g/mol. The fourth-order valence-corrected chi connectivity index (χ4v) is 2.92. The third-order valence-electron chi connectivity index (χ3n) is 2.85. The lowest BCUT2D eigenvalue weighted by molar-refractivity contribution is 0.262. The lowest BCUT2D eigenvalue weighted by Gasteiger charge is -2.11. The van der Waals surface area contributed by atoms with Gasteiger partial charge in [-0.3, -0.25) is 0 Å². The lowest BCUT2D eigenvalue weighted by Crippen LogP contribution is -2.20. The Morgan fingerprint density at radius 2 is 1.90 bits per heavy atom. The van der Waals surface area contributed by atoms with Crippen LogP contribution in [0, 0.1) is 0 Å². The highest BCUT2D eigenvalue weighted by atomic mass is 79.9. The van der Waals surface area contributed by atoms with Gasteiger partial charge in [0.25, 0.3) is 0 Å². The van der Waals surface area contributed by atoms with Gasteiger partial charge >= 0.3 is 6.03 Å². The molecule has 4 nitrogen and oxygen atoms in total. The van der Waals surface area contributed by atoms with Gasteiger partial charge in [0.2, 0.25) is 0 Å². The van der Waals surface area contributed by atoms with E-state index in [1.807, 2.05) is 49.4 Å². The average Bonchev–Trinajstić information content (AvgIpc) is 2.42. The smallest absolute Gasteiger partial charge is 0.323 e. The molecule has 0 radical (unpaired) electrons. The van der Waals surface area contributed by atoms with E-state index in [1.165, 1.54) is 0 Å². The van der Waals surface area contributed by atoms with Crippen LogP contribution < -0.4 is 16.4 Å². The summed E-state index contributed by atoms with van der Waals surface area (Å²) >= 11 is 6.77. The van der Waals surface area contributed by atoms with Crippen LogP contribution in [-0.4, -0.2) is 6.03 Å². The van der Waals surface area contributed by atoms with Gasteiger partial charge in [-0.25, -0.2) is 4.79 Å². The Bertz CT molecular complexity index is 659. The van der Waals surface area contributed by atoms with Crippen molar-refractivity contribution in [3.05, 3.63) is 57.0 Å². The van der Waals surface area contributed by atoms with Gasteiger partial charge in [0.05, 0.1) is 5.69 Å². The second-order valence-corrected chi connectivity index (χ2v) is 6.39. The van der Waals surface area contributed by atoms with Gasteiger partial charge < -0.3 is 16.4 Å². The van der Waals surface area contributed by atoms with Crippen molar-refractivity contribution in [1.82, 2.24) is 0 Å². The fraction of sp³-hybridized carbons (Fsp3) is 0.133. The number of halogens is 2. The quantitative estimate of drug-likeness (QED) is 0.672. The molecule has 2 amide bonds. The van der Waals surface area contributed by atoms with E-state index in [0.717, 1.165) is 14.5 Å². The van der Waals surface area contributed by atoms with Crippen LogP contribution in [0.15, 0.2) is 51.4 Å². The first kappa shape index (κ1) is 16.0. The third-order valence-corrected chi connectivity index (χ3v) is 4.00. The van der Waals surface area contributed by atoms with E-state index in [2.05, 4.69) is 42.5 Å². The Balaban J connectivity index is 2.06. The molecule has 0 saturated heterocycles. The van der Waals surface area contributed by atoms with Crippen molar-refractivity contribution < 1.29 is 4.79 Å². The molecule has 0 aliphatic heterocycles. The molecule has 1 atom stereocenters. The molecule has 2 aromatic rings. The highest BCUT2D eigenvalue weighted by molar-refractivity contribution is 9.11. The summed E-state index contributed by atoms with van der Waals surface area (Å²) in [6.45, 7) is 1.90. The predicted molar refractivity (Wildman–Crippen MR) is 93.5 cm³/mol. The van der Waals surface area contributed by atoms with Crippen LogP contribution in [-0.2, 0) is 0 Å². The van der Waals surface area contributed by atoms with Gasteiger partial charge in [0.15, 0.2) is 0 Å². The van der Waals surface area contributed by atoms with E-state index in [0.29, 0.717) is 11.4 Å². The van der Waals surface area contributed by atoms with Crippen LogP contribution in [0.4, 0.5) is 16.2 Å². The Hall–Kier alpha value is -1.37. The van der Waals surface area contributed by atoms with Crippen molar-refractivity contribution in [2.24, 2.45) is 5.73 Å². The SMILES string of the molecule is CC(N)c1cccc(NC(=O)Nc2ccc(Br)cc2Br)c1. The first-order valence-electron chi connectivity index (χ1n) is 6.34. The zero-order valence-electron chi connectivity index (χ0n) is 11.4. The number of hydrogen-bond donors (Lipinski definition) is 3. The number of hydrogen-bond acceptors (Lipinski definition) is 2. The minimum atomic E-state index is -0.306. The van der Waals surface area contributed by atoms with Gasteiger partial charge in [0.1, 0.15) is 0 Å². The molecular formula is C15H15Br2N3O. The molecule has 0 aromatic heterocycles. The molecule has 2 rings (SSSR count). The molecule has 0 saturated carbocycles. The van der Waals surface area contributed by atoms with Crippen molar-refractivity contribution in [2.75, 3.05) is 10.6 Å². The lowest BCUT2D eigenvalue weighted by atomic mass is 10.1. The normalized spacial score (nSPS) is 11.8. The molecule has 0 fully saturated rings. The van der Waals surface area contributed by atoms with E-state index in [4.69, 9.17) is 5.73 Å². The maximum atomic E-state index is 12.0. The zero-order valence-corrected chi connectivity index (χ0v) is 14.5. The zero-order chi connectivity index (χ0) is 15.4. The molecule has 4 N–H and O–H groups in total. The van der Waals surface area contributed by atoms with Crippen LogP contribution in [0.25, 0.3) is 0 Å². The summed E-state index contributed by atoms with van der Waals surface area (Å²) in [4.78, 5) is 12.0. The van der Waals surface area contributed by atoms with Crippen molar-refractivity contribution >= 4 is 49.3 Å². The summed E-state index contributed by atoms with van der Waals surface area (Å²) in [5.41, 5.74) is 8.20. The summed E-state index contributed by atoms with van der Waals surface area (Å²) in [5.74, 6) is 0. The third kappa shape index (κ3) is 4.56. The molecule has 0 heterocycles. The Morgan fingerprint density at radius 3 is 2.57 bits per heavy atom. The predicted octanol–water partition coefficient (Wildman–Crippen LogP) is 4.88. The summed E-state index contributed by atoms with van der Waals surface area (Å²) < 4.78 is 1.74. The summed E-state index contributed by atoms with van der Waals surface area (Å²) in [6, 6.07) is 12.6. The van der Waals surface area contributed by atoms with Gasteiger partial charge in [-0.1, -0.05) is 28.1 Å². The number of carbonyl (C=O) groups excluding carboxylic acids is 1. The molecule has 0 aliphatic rings. The number of carbonyl (C=O) groups is 1. The molecule has 2 aromatic carbocycles. The minimum absolute atomic E-state index is 0.0737. The number of nitrogens with two attached hydrogens (primary N) is 1. The van der Waals surface area contributed by atoms with E-state index >= 15 is 0 Å². The van der Waals surface area contributed by atoms with Crippen LogP contribution in [0.1, 0.15) is 18.5 Å². The topological polar surface area (TPSA) is 67.1 Å². The van der Waals surface area contributed by atoms with Crippen molar-refractivity contribution in [1.29, 1.82) is 0 Å². The number of nitrogens with one attached hydrogen (secondary N) is 2. The minimum Gasteiger partial charge on any atom is -0.324 e. The largest absolute Gasteiger partial charge is 0.324 e. The summed E-state index contributed by atoms with van der Waals surface area (Å²) in [6.07, 6.45) is 0. The van der Waals surface area contributed by atoms with Crippen molar-refractivity contribution in [3.63, 3.8) is 0 Å². The average molecular weight is 413 g/mol. The van der Waals surface area contributed by atoms with Crippen LogP contribution in [0.3, 0.4) is 0 Å². The van der Waals surface area contributed by atoms with Gasteiger partial charge in [-0.2, -0.15) is 0 Å². The maximum Gasteiger partial charge on any atom is 0.323 e. The van der Waals surface area contributed by atoms with E-state index in [-0.39, 0.29) is 12.1 Å². The Kier molecular flexibility index (Phi) is 5.39. The van der Waals surface area contributed by atoms with E-state index in [1.54, 1.807) is 0 Å². The number of amides is 2. The first-order valence-corrected chi connectivity index (χ1v) is 7.93. The maximum absolute atomic E-state index is 12.0. The second-order valence-electron chi connectivity index (χ2n) is 4.62. The molecule has 6 heteroatoms. The summed E-state index contributed by atoms with van der Waals surface area (Å²) in [7, 11) is 0. The van der Waals surface area contributed by atoms with Crippen LogP contribution >= 0.6 is 31.9 Å². The molecule has 110 valence electrons. The standard InChI is InChI=1S/C15H15Br2N3O/c1-9(18)10-3-2-4-12(7-10)19-15(21)20-14-6-5-11(16)8-13(14)17/h2-9H,18H2,1H3,(H2,19,20,21). The van der Waals surface area contributed by atoms with Crippen molar-refractivity contribution in [3.8, 4) is 0 Å². The highest BCUT2D eigenvalue weighted by Gasteiger charge is 2.07. The monoisotopic (exact) mass is 411 g/mol. The van der Waals surface area contributed by atoms with Crippen LogP contribution in [0.5, 0.6) is 0 Å². The molecule has 1 unspecified atom stereocenters. The second kappa shape index (κ2) is 7.06. The Morgan fingerprint density at radius 1 is 1.14 bits per heavy atom. The number of urea groups is 1. The van der Waals surface area contributed by atoms with Gasteiger partial charge in [-0.15, -0.1) is 0 Å². The van der Waals surface area contributed by atoms with E-state index in [9.17, 15) is 4.79 Å². The van der Waals surface area contributed by atoms with Gasteiger partial charge in [-0.05, 0) is 58.7 Å². The van der Waals surface area contributed by atoms with E-state index < -0.39 is 0 Å². The number of rotatable bonds is 3. The number of benzene rings is 2. The molecule has 0 bridgehead atoms. The highest BCUT2D eigenvalue weighted by Crippen LogP contribution is 2.26. The first-order chi connectivity index (χ1) is 9.95. The molecule has 21 heavy (non-hydrogen) atoms. The summed E-state index contributed by atoms with van der Waals surface area (Å²) in [5, 5.41) is 5.57.